The van der Waals surface area contributed by atoms with Gasteiger partial charge in [0.15, 0.2) is 5.13 Å². The fourth-order valence-corrected chi connectivity index (χ4v) is 3.96. The summed E-state index contributed by atoms with van der Waals surface area (Å²) in [6.07, 6.45) is -0.319. The lowest BCUT2D eigenvalue weighted by atomic mass is 9.94. The molecular weight excluding hydrogens is 386 g/mol. The smallest absolute Gasteiger partial charge is 0.410 e. The average molecular weight is 412 g/mol. The van der Waals surface area contributed by atoms with Gasteiger partial charge in [0.05, 0.1) is 19.5 Å². The van der Waals surface area contributed by atoms with Crippen molar-refractivity contribution < 1.29 is 17.1 Å². The minimum Gasteiger partial charge on any atom is -0.444 e. The minimum absolute atomic E-state index is 0.165. The normalized spacial score (nSPS) is 16.6. The van der Waals surface area contributed by atoms with Crippen molar-refractivity contribution in [1.82, 2.24) is 9.88 Å². The number of fused-ring (bicyclic) bond motifs is 2. The largest absolute Gasteiger partial charge is 0.444 e. The zero-order chi connectivity index (χ0) is 22.4. The molecule has 7 heteroatoms. The van der Waals surface area contributed by atoms with Crippen molar-refractivity contribution in [1.29, 1.82) is 0 Å². The zero-order valence-corrected chi connectivity index (χ0v) is 17.3. The Hall–Kier alpha value is -2.93. The number of nitrogens with one attached hydrogen (secondary N) is 1. The molecule has 1 N–H and O–H groups in total. The van der Waals surface area contributed by atoms with Crippen LogP contribution in [-0.4, -0.2) is 34.0 Å². The summed E-state index contributed by atoms with van der Waals surface area (Å²) in [6.45, 7) is 3.16. The van der Waals surface area contributed by atoms with Gasteiger partial charge in [-0.05, 0) is 56.5 Å². The molecule has 1 aliphatic heterocycles. The summed E-state index contributed by atoms with van der Waals surface area (Å²) >= 11 is 1.35. The van der Waals surface area contributed by atoms with Crippen LogP contribution in [0.3, 0.4) is 0 Å². The second kappa shape index (κ2) is 7.48. The Morgan fingerprint density at radius 2 is 2.00 bits per heavy atom. The van der Waals surface area contributed by atoms with Crippen LogP contribution in [0, 0.1) is 0 Å². The molecule has 0 atom stereocenters. The molecule has 0 saturated carbocycles. The van der Waals surface area contributed by atoms with E-state index in [1.165, 1.54) is 11.3 Å². The molecule has 1 aliphatic rings. The Morgan fingerprint density at radius 1 is 1.21 bits per heavy atom. The van der Waals surface area contributed by atoms with Gasteiger partial charge in [-0.1, -0.05) is 35.6 Å². The minimum atomic E-state index is -2.20. The standard InChI is InChI=1S/C22H23N3O3S/c1-22(2,3)28-21(27)25-12-11-14-7-6-8-15(16(14)13-25)19(26)24-20-23-17-9-4-5-10-18(17)29-20/h4-10H,11-13H2,1-3H3,(H,23,24,26)/i13D2. The highest BCUT2D eigenvalue weighted by molar-refractivity contribution is 7.22. The maximum absolute atomic E-state index is 13.1. The van der Waals surface area contributed by atoms with Crippen molar-refractivity contribution in [3.8, 4) is 0 Å². The van der Waals surface area contributed by atoms with Crippen molar-refractivity contribution in [2.75, 3.05) is 11.9 Å². The second-order valence-electron chi connectivity index (χ2n) is 7.77. The maximum Gasteiger partial charge on any atom is 0.410 e. The van der Waals surface area contributed by atoms with Gasteiger partial charge in [0.1, 0.15) is 5.60 Å². The molecule has 3 aromatic rings. The number of rotatable bonds is 2. The lowest BCUT2D eigenvalue weighted by molar-refractivity contribution is 0.0223. The van der Waals surface area contributed by atoms with E-state index in [9.17, 15) is 9.59 Å². The first-order valence-corrected chi connectivity index (χ1v) is 10.2. The lowest BCUT2D eigenvalue weighted by Crippen LogP contribution is -2.40. The van der Waals surface area contributed by atoms with Gasteiger partial charge >= 0.3 is 6.09 Å². The predicted octanol–water partition coefficient (Wildman–Crippen LogP) is 4.84. The number of amides is 2. The van der Waals surface area contributed by atoms with E-state index < -0.39 is 24.1 Å². The Bertz CT molecular complexity index is 1140. The van der Waals surface area contributed by atoms with Crippen LogP contribution >= 0.6 is 11.3 Å². The number of anilines is 1. The van der Waals surface area contributed by atoms with Crippen LogP contribution in [0.15, 0.2) is 42.5 Å². The molecule has 0 aliphatic carbocycles. The van der Waals surface area contributed by atoms with Gasteiger partial charge in [0.25, 0.3) is 5.91 Å². The summed E-state index contributed by atoms with van der Waals surface area (Å²) in [7, 11) is 0. The van der Waals surface area contributed by atoms with E-state index in [-0.39, 0.29) is 17.7 Å². The van der Waals surface area contributed by atoms with E-state index in [0.717, 1.165) is 15.1 Å². The topological polar surface area (TPSA) is 71.5 Å². The first-order chi connectivity index (χ1) is 14.6. The maximum atomic E-state index is 13.1. The first-order valence-electron chi connectivity index (χ1n) is 10.4. The van der Waals surface area contributed by atoms with Crippen LogP contribution in [0.1, 0.15) is 45.0 Å². The van der Waals surface area contributed by atoms with E-state index in [1.54, 1.807) is 39.0 Å². The van der Waals surface area contributed by atoms with Crippen LogP contribution in [0.4, 0.5) is 9.93 Å². The predicted molar refractivity (Wildman–Crippen MR) is 114 cm³/mol. The number of carbonyl (C=O) groups is 2. The molecule has 4 rings (SSSR count). The number of hydrogen-bond donors (Lipinski definition) is 1. The molecule has 29 heavy (non-hydrogen) atoms. The Morgan fingerprint density at radius 3 is 2.76 bits per heavy atom. The molecule has 0 spiro atoms. The quantitative estimate of drug-likeness (QED) is 0.655. The third-order valence-electron chi connectivity index (χ3n) is 4.38. The highest BCUT2D eigenvalue weighted by Crippen LogP contribution is 2.28. The molecule has 2 heterocycles. The van der Waals surface area contributed by atoms with Crippen LogP contribution in [0.2, 0.25) is 0 Å². The number of hydrogen-bond acceptors (Lipinski definition) is 5. The van der Waals surface area contributed by atoms with Crippen LogP contribution in [0.5, 0.6) is 0 Å². The Kier molecular flexibility index (Phi) is 4.38. The van der Waals surface area contributed by atoms with Gasteiger partial charge in [-0.15, -0.1) is 0 Å². The van der Waals surface area contributed by atoms with E-state index >= 15 is 0 Å². The molecule has 2 amide bonds. The van der Waals surface area contributed by atoms with E-state index in [2.05, 4.69) is 10.3 Å². The number of para-hydroxylation sites is 1. The molecule has 0 radical (unpaired) electrons. The summed E-state index contributed by atoms with van der Waals surface area (Å²) in [4.78, 5) is 31.2. The van der Waals surface area contributed by atoms with Gasteiger partial charge in [0.2, 0.25) is 0 Å². The third-order valence-corrected chi connectivity index (χ3v) is 5.33. The van der Waals surface area contributed by atoms with Gasteiger partial charge in [0, 0.05) is 12.1 Å². The fourth-order valence-electron chi connectivity index (χ4n) is 3.10. The number of ether oxygens (including phenoxy) is 1. The summed E-state index contributed by atoms with van der Waals surface area (Å²) in [6, 6.07) is 12.6. The molecule has 0 fully saturated rings. The highest BCUT2D eigenvalue weighted by Gasteiger charge is 2.28. The van der Waals surface area contributed by atoms with Crippen molar-refractivity contribution in [3.63, 3.8) is 0 Å². The molecular formula is C22H23N3O3S. The number of carbonyl (C=O) groups excluding carboxylic acids is 2. The highest BCUT2D eigenvalue weighted by atomic mass is 32.1. The molecule has 1 aromatic heterocycles. The third kappa shape index (κ3) is 4.24. The number of benzene rings is 2. The summed E-state index contributed by atoms with van der Waals surface area (Å²) < 4.78 is 23.7. The van der Waals surface area contributed by atoms with Crippen LogP contribution in [0.25, 0.3) is 10.2 Å². The lowest BCUT2D eigenvalue weighted by Gasteiger charge is -2.32. The van der Waals surface area contributed by atoms with E-state index in [4.69, 9.17) is 7.48 Å². The van der Waals surface area contributed by atoms with Gasteiger partial charge in [-0.2, -0.15) is 0 Å². The monoisotopic (exact) mass is 411 g/mol. The summed E-state index contributed by atoms with van der Waals surface area (Å²) in [5, 5.41) is 3.22. The van der Waals surface area contributed by atoms with Crippen molar-refractivity contribution in [2.24, 2.45) is 0 Å². The van der Waals surface area contributed by atoms with Crippen molar-refractivity contribution in [2.45, 2.75) is 39.3 Å². The second-order valence-corrected chi connectivity index (χ2v) is 8.80. The molecule has 150 valence electrons. The first kappa shape index (κ1) is 17.0. The van der Waals surface area contributed by atoms with Gasteiger partial charge in [-0.25, -0.2) is 9.78 Å². The number of aromatic nitrogens is 1. The SMILES string of the molecule is [2H]C1([2H])c2c(cccc2C(=O)Nc2nc3ccccc3s2)CCN1C(=O)OC(C)(C)C. The molecule has 0 bridgehead atoms. The Labute approximate surface area is 176 Å². The van der Waals surface area contributed by atoms with Crippen molar-refractivity contribution >= 4 is 38.7 Å². The average Bonchev–Trinajstić information content (AvgIpc) is 3.08. The summed E-state index contributed by atoms with van der Waals surface area (Å²) in [5.41, 5.74) is 1.09. The van der Waals surface area contributed by atoms with Gasteiger partial charge < -0.3 is 9.64 Å². The van der Waals surface area contributed by atoms with Gasteiger partial charge in [-0.3, -0.25) is 10.1 Å². The van der Waals surface area contributed by atoms with Crippen LogP contribution in [-0.2, 0) is 17.7 Å². The molecule has 2 aromatic carbocycles. The molecule has 6 nitrogen and oxygen atoms in total. The molecule has 0 unspecified atom stereocenters. The van der Waals surface area contributed by atoms with E-state index in [1.807, 2.05) is 24.3 Å². The fraction of sp³-hybridized carbons (Fsp3) is 0.318. The molecule has 0 saturated heterocycles. The zero-order valence-electron chi connectivity index (χ0n) is 18.5. The van der Waals surface area contributed by atoms with E-state index in [0.29, 0.717) is 17.1 Å². The summed E-state index contributed by atoms with van der Waals surface area (Å²) in [5.74, 6) is -0.467. The number of thiazole rings is 1. The Balaban J connectivity index is 1.67. The van der Waals surface area contributed by atoms with Crippen LogP contribution < -0.4 is 5.32 Å². The number of nitrogens with zero attached hydrogens (tertiary/aromatic N) is 2. The van der Waals surface area contributed by atoms with Crippen molar-refractivity contribution in [3.05, 3.63) is 59.2 Å².